The lowest BCUT2D eigenvalue weighted by atomic mass is 10.0. The maximum absolute atomic E-state index is 12.3. The Hall–Kier alpha value is -3.15. The number of nitrogens with zero attached hydrogens (tertiary/aromatic N) is 1. The second kappa shape index (κ2) is 7.61. The van der Waals surface area contributed by atoms with E-state index in [9.17, 15) is 9.59 Å². The topological polar surface area (TPSA) is 79.8 Å². The first-order valence-electron chi connectivity index (χ1n) is 8.04. The zero-order valence-electron chi connectivity index (χ0n) is 13.9. The minimum absolute atomic E-state index is 0.0791. The molecule has 1 atom stereocenters. The molecule has 6 nitrogen and oxygen atoms in total. The van der Waals surface area contributed by atoms with Gasteiger partial charge < -0.3 is 15.5 Å². The van der Waals surface area contributed by atoms with Gasteiger partial charge in [0.05, 0.1) is 0 Å². The molecule has 1 aliphatic heterocycles. The summed E-state index contributed by atoms with van der Waals surface area (Å²) in [6.45, 7) is 1.94. The molecule has 0 fully saturated rings. The summed E-state index contributed by atoms with van der Waals surface area (Å²) in [6, 6.07) is 17.0. The molecule has 128 valence electrons. The molecule has 2 aromatic carbocycles. The van der Waals surface area contributed by atoms with E-state index >= 15 is 0 Å². The van der Waals surface area contributed by atoms with E-state index in [1.807, 2.05) is 42.5 Å². The molecule has 0 aliphatic carbocycles. The van der Waals surface area contributed by atoms with E-state index in [0.717, 1.165) is 11.1 Å². The fraction of sp³-hybridized carbons (Fsp3) is 0.211. The van der Waals surface area contributed by atoms with Gasteiger partial charge in [0, 0.05) is 25.6 Å². The summed E-state index contributed by atoms with van der Waals surface area (Å²) in [6.07, 6.45) is 0.221. The highest BCUT2D eigenvalue weighted by Gasteiger charge is 2.27. The van der Waals surface area contributed by atoms with E-state index in [2.05, 4.69) is 15.8 Å². The number of benzene rings is 2. The molecule has 3 rings (SSSR count). The normalized spacial score (nSPS) is 15.9. The van der Waals surface area contributed by atoms with Crippen LogP contribution in [0.2, 0.25) is 0 Å². The molecule has 1 heterocycles. The van der Waals surface area contributed by atoms with E-state index in [-0.39, 0.29) is 17.9 Å². The lowest BCUT2D eigenvalue weighted by molar-refractivity contribution is -0.119. The zero-order valence-corrected chi connectivity index (χ0v) is 13.9. The Labute approximate surface area is 145 Å². The lowest BCUT2D eigenvalue weighted by Crippen LogP contribution is -2.22. The average molecular weight is 337 g/mol. The van der Waals surface area contributed by atoms with Crippen molar-refractivity contribution in [1.29, 1.82) is 0 Å². The first-order chi connectivity index (χ1) is 12.1. The number of carbonyl (C=O) groups excluding carboxylic acids is 2. The van der Waals surface area contributed by atoms with E-state index in [1.54, 1.807) is 12.1 Å². The van der Waals surface area contributed by atoms with E-state index in [1.165, 1.54) is 6.92 Å². The van der Waals surface area contributed by atoms with Crippen LogP contribution >= 0.6 is 0 Å². The van der Waals surface area contributed by atoms with Gasteiger partial charge in [-0.1, -0.05) is 47.6 Å². The van der Waals surface area contributed by atoms with Gasteiger partial charge in [-0.3, -0.25) is 9.59 Å². The van der Waals surface area contributed by atoms with Crippen molar-refractivity contribution in [3.8, 4) is 0 Å². The van der Waals surface area contributed by atoms with Crippen molar-refractivity contribution in [3.05, 3.63) is 65.7 Å². The Morgan fingerprint density at radius 3 is 2.52 bits per heavy atom. The van der Waals surface area contributed by atoms with Gasteiger partial charge in [0.15, 0.2) is 6.10 Å². The summed E-state index contributed by atoms with van der Waals surface area (Å²) >= 11 is 0. The summed E-state index contributed by atoms with van der Waals surface area (Å²) in [4.78, 5) is 28.6. The second-order valence-corrected chi connectivity index (χ2v) is 5.81. The summed E-state index contributed by atoms with van der Waals surface area (Å²) in [7, 11) is 0. The molecular formula is C19H19N3O3. The first kappa shape index (κ1) is 16.7. The highest BCUT2D eigenvalue weighted by Crippen LogP contribution is 2.27. The molecule has 0 saturated carbocycles. The van der Waals surface area contributed by atoms with E-state index in [0.29, 0.717) is 24.4 Å². The Morgan fingerprint density at radius 1 is 1.12 bits per heavy atom. The third-order valence-electron chi connectivity index (χ3n) is 3.86. The van der Waals surface area contributed by atoms with Crippen LogP contribution in [0.25, 0.3) is 0 Å². The molecule has 2 aromatic rings. The van der Waals surface area contributed by atoms with Crippen molar-refractivity contribution < 1.29 is 14.4 Å². The van der Waals surface area contributed by atoms with Crippen molar-refractivity contribution >= 4 is 23.2 Å². The molecule has 1 unspecified atom stereocenters. The van der Waals surface area contributed by atoms with Crippen molar-refractivity contribution in [2.75, 3.05) is 5.32 Å². The third kappa shape index (κ3) is 4.44. The molecule has 2 N–H and O–H groups in total. The van der Waals surface area contributed by atoms with E-state index in [4.69, 9.17) is 4.84 Å². The number of nitrogens with one attached hydrogen (secondary N) is 2. The number of hydrogen-bond donors (Lipinski definition) is 2. The first-order valence-corrected chi connectivity index (χ1v) is 8.04. The summed E-state index contributed by atoms with van der Waals surface area (Å²) in [5.41, 5.74) is 2.99. The van der Waals surface area contributed by atoms with Crippen LogP contribution in [-0.2, 0) is 21.0 Å². The molecule has 0 saturated heterocycles. The minimum atomic E-state index is -0.270. The van der Waals surface area contributed by atoms with E-state index < -0.39 is 0 Å². The van der Waals surface area contributed by atoms with Crippen LogP contribution < -0.4 is 10.6 Å². The molecule has 25 heavy (non-hydrogen) atoms. The quantitative estimate of drug-likeness (QED) is 0.880. The van der Waals surface area contributed by atoms with Crippen molar-refractivity contribution in [2.45, 2.75) is 26.0 Å². The molecule has 1 aliphatic rings. The maximum Gasteiger partial charge on any atom is 0.273 e. The Morgan fingerprint density at radius 2 is 1.84 bits per heavy atom. The fourth-order valence-corrected chi connectivity index (χ4v) is 2.49. The highest BCUT2D eigenvalue weighted by molar-refractivity contribution is 6.43. The predicted octanol–water partition coefficient (Wildman–Crippen LogP) is 2.78. The number of oxime groups is 1. The monoisotopic (exact) mass is 337 g/mol. The average Bonchev–Trinajstić information content (AvgIpc) is 3.12. The molecule has 2 amide bonds. The van der Waals surface area contributed by atoms with Gasteiger partial charge in [-0.2, -0.15) is 0 Å². The van der Waals surface area contributed by atoms with Gasteiger partial charge in [-0.05, 0) is 23.3 Å². The van der Waals surface area contributed by atoms with Gasteiger partial charge in [0.25, 0.3) is 5.91 Å². The smallest absolute Gasteiger partial charge is 0.273 e. The highest BCUT2D eigenvalue weighted by atomic mass is 16.6. The Bertz CT molecular complexity index is 785. The third-order valence-corrected chi connectivity index (χ3v) is 3.86. The van der Waals surface area contributed by atoms with Crippen LogP contribution in [0.3, 0.4) is 0 Å². The Balaban J connectivity index is 1.55. The Kier molecular flexibility index (Phi) is 5.09. The van der Waals surface area contributed by atoms with Crippen LogP contribution in [0.4, 0.5) is 5.69 Å². The standard InChI is InChI=1S/C19H19N3O3/c1-13(23)20-12-14-7-9-16(10-8-14)21-19(24)17-11-18(25-22-17)15-5-3-2-4-6-15/h2-10,18H,11-12H2,1H3,(H,20,23)(H,21,24). The SMILES string of the molecule is CC(=O)NCc1ccc(NC(=O)C2=NOC(c3ccccc3)C2)cc1. The molecule has 0 spiro atoms. The van der Waals surface area contributed by atoms with Crippen molar-refractivity contribution in [3.63, 3.8) is 0 Å². The maximum atomic E-state index is 12.3. The van der Waals surface area contributed by atoms with Gasteiger partial charge >= 0.3 is 0 Å². The summed E-state index contributed by atoms with van der Waals surface area (Å²) in [5, 5.41) is 9.45. The molecule has 0 radical (unpaired) electrons. The second-order valence-electron chi connectivity index (χ2n) is 5.81. The van der Waals surface area contributed by atoms with Gasteiger partial charge in [0.2, 0.25) is 5.91 Å². The number of amides is 2. The van der Waals surface area contributed by atoms with Crippen molar-refractivity contribution in [1.82, 2.24) is 5.32 Å². The zero-order chi connectivity index (χ0) is 17.6. The largest absolute Gasteiger partial charge is 0.387 e. The minimum Gasteiger partial charge on any atom is -0.387 e. The number of anilines is 1. The lowest BCUT2D eigenvalue weighted by Gasteiger charge is -2.08. The van der Waals surface area contributed by atoms with Crippen LogP contribution in [0.5, 0.6) is 0 Å². The van der Waals surface area contributed by atoms with Crippen LogP contribution in [0.1, 0.15) is 30.6 Å². The van der Waals surface area contributed by atoms with Gasteiger partial charge in [-0.25, -0.2) is 0 Å². The summed E-state index contributed by atoms with van der Waals surface area (Å²) in [5.74, 6) is -0.349. The number of carbonyl (C=O) groups is 2. The van der Waals surface area contributed by atoms with Crippen LogP contribution in [0, 0.1) is 0 Å². The predicted molar refractivity (Wildman–Crippen MR) is 94.9 cm³/mol. The van der Waals surface area contributed by atoms with Crippen LogP contribution in [0.15, 0.2) is 59.8 Å². The van der Waals surface area contributed by atoms with Gasteiger partial charge in [0.1, 0.15) is 5.71 Å². The molecule has 0 aromatic heterocycles. The molecular weight excluding hydrogens is 318 g/mol. The number of hydrogen-bond acceptors (Lipinski definition) is 4. The fourth-order valence-electron chi connectivity index (χ4n) is 2.49. The van der Waals surface area contributed by atoms with Crippen LogP contribution in [-0.4, -0.2) is 17.5 Å². The van der Waals surface area contributed by atoms with Gasteiger partial charge in [-0.15, -0.1) is 0 Å². The molecule has 6 heteroatoms. The van der Waals surface area contributed by atoms with Crippen molar-refractivity contribution in [2.24, 2.45) is 5.16 Å². The number of rotatable bonds is 5. The molecule has 0 bridgehead atoms. The summed E-state index contributed by atoms with van der Waals surface area (Å²) < 4.78 is 0.